The number of carbonyl (C=O) groups excluding carboxylic acids is 1. The number of anilines is 2. The SMILES string of the molecule is CN1CCC(CNc2nccnc2C(=O)Nc2cccc3[nH]cc(Cl)c23)CC1. The normalized spacial score (nSPS) is 15.6. The Morgan fingerprint density at radius 1 is 1.29 bits per heavy atom. The molecule has 1 saturated heterocycles. The summed E-state index contributed by atoms with van der Waals surface area (Å²) in [6, 6.07) is 5.59. The number of amides is 1. The van der Waals surface area contributed by atoms with Crippen LogP contribution < -0.4 is 10.6 Å². The molecule has 4 rings (SSSR count). The lowest BCUT2D eigenvalue weighted by atomic mass is 9.97. The van der Waals surface area contributed by atoms with E-state index in [2.05, 4.69) is 37.5 Å². The molecule has 28 heavy (non-hydrogen) atoms. The van der Waals surface area contributed by atoms with Crippen molar-refractivity contribution in [2.75, 3.05) is 37.3 Å². The van der Waals surface area contributed by atoms with E-state index in [4.69, 9.17) is 11.6 Å². The van der Waals surface area contributed by atoms with Gasteiger partial charge in [-0.2, -0.15) is 0 Å². The average molecular weight is 399 g/mol. The Morgan fingerprint density at radius 2 is 2.07 bits per heavy atom. The molecule has 1 aliphatic heterocycles. The smallest absolute Gasteiger partial charge is 0.278 e. The second-order valence-electron chi connectivity index (χ2n) is 7.20. The number of nitrogens with one attached hydrogen (secondary N) is 3. The molecule has 0 aliphatic carbocycles. The van der Waals surface area contributed by atoms with Crippen LogP contribution in [0.3, 0.4) is 0 Å². The van der Waals surface area contributed by atoms with Crippen molar-refractivity contribution in [1.29, 1.82) is 0 Å². The van der Waals surface area contributed by atoms with Crippen LogP contribution in [-0.2, 0) is 0 Å². The molecule has 1 amide bonds. The fourth-order valence-corrected chi connectivity index (χ4v) is 3.83. The Labute approximate surface area is 168 Å². The minimum absolute atomic E-state index is 0.277. The van der Waals surface area contributed by atoms with Crippen molar-refractivity contribution >= 4 is 39.9 Å². The van der Waals surface area contributed by atoms with Crippen molar-refractivity contribution in [3.05, 3.63) is 47.5 Å². The second-order valence-corrected chi connectivity index (χ2v) is 7.61. The third-order valence-electron chi connectivity index (χ3n) is 5.22. The third kappa shape index (κ3) is 3.95. The lowest BCUT2D eigenvalue weighted by Crippen LogP contribution is -2.33. The van der Waals surface area contributed by atoms with Gasteiger partial charge in [0.25, 0.3) is 5.91 Å². The predicted octanol–water partition coefficient (Wildman–Crippen LogP) is 3.62. The number of nitrogens with zero attached hydrogens (tertiary/aromatic N) is 3. The molecule has 3 N–H and O–H groups in total. The number of likely N-dealkylation sites (tertiary alicyclic amines) is 1. The fourth-order valence-electron chi connectivity index (χ4n) is 3.57. The molecule has 0 radical (unpaired) electrons. The highest BCUT2D eigenvalue weighted by Crippen LogP contribution is 2.30. The van der Waals surface area contributed by atoms with Crippen molar-refractivity contribution in [2.24, 2.45) is 5.92 Å². The van der Waals surface area contributed by atoms with Gasteiger partial charge in [-0.15, -0.1) is 0 Å². The van der Waals surface area contributed by atoms with Crippen LogP contribution in [0.2, 0.25) is 5.02 Å². The van der Waals surface area contributed by atoms with Crippen LogP contribution in [0.25, 0.3) is 10.9 Å². The molecule has 0 saturated carbocycles. The van der Waals surface area contributed by atoms with E-state index < -0.39 is 0 Å². The number of fused-ring (bicyclic) bond motifs is 1. The first-order valence-corrected chi connectivity index (χ1v) is 9.80. The van der Waals surface area contributed by atoms with Gasteiger partial charge in [0.15, 0.2) is 11.5 Å². The van der Waals surface area contributed by atoms with Crippen molar-refractivity contribution in [1.82, 2.24) is 19.9 Å². The summed E-state index contributed by atoms with van der Waals surface area (Å²) in [6.45, 7) is 2.98. The molecule has 2 aromatic heterocycles. The van der Waals surface area contributed by atoms with Gasteiger partial charge in [0, 0.05) is 36.0 Å². The number of hydrogen-bond donors (Lipinski definition) is 3. The minimum atomic E-state index is -0.316. The quantitative estimate of drug-likeness (QED) is 0.611. The van der Waals surface area contributed by atoms with Gasteiger partial charge < -0.3 is 20.5 Å². The zero-order chi connectivity index (χ0) is 19.5. The van der Waals surface area contributed by atoms with E-state index in [1.807, 2.05) is 18.2 Å². The highest BCUT2D eigenvalue weighted by molar-refractivity contribution is 6.37. The zero-order valence-corrected chi connectivity index (χ0v) is 16.5. The molecule has 7 nitrogen and oxygen atoms in total. The van der Waals surface area contributed by atoms with Crippen molar-refractivity contribution in [2.45, 2.75) is 12.8 Å². The number of H-pyrrole nitrogens is 1. The van der Waals surface area contributed by atoms with Crippen molar-refractivity contribution < 1.29 is 4.79 Å². The van der Waals surface area contributed by atoms with Gasteiger partial charge in [-0.25, -0.2) is 9.97 Å². The van der Waals surface area contributed by atoms with E-state index in [1.165, 1.54) is 6.20 Å². The van der Waals surface area contributed by atoms with Gasteiger partial charge in [-0.1, -0.05) is 17.7 Å². The highest BCUT2D eigenvalue weighted by Gasteiger charge is 2.20. The number of aromatic nitrogens is 3. The van der Waals surface area contributed by atoms with E-state index >= 15 is 0 Å². The largest absolute Gasteiger partial charge is 0.368 e. The van der Waals surface area contributed by atoms with Crippen LogP contribution in [0.5, 0.6) is 0 Å². The van der Waals surface area contributed by atoms with E-state index in [0.29, 0.717) is 22.4 Å². The molecule has 1 aromatic carbocycles. The Balaban J connectivity index is 1.49. The summed E-state index contributed by atoms with van der Waals surface area (Å²) < 4.78 is 0. The summed E-state index contributed by atoms with van der Waals surface area (Å²) in [5.74, 6) is 0.761. The Hall–Kier alpha value is -2.64. The van der Waals surface area contributed by atoms with Gasteiger partial charge in [-0.3, -0.25) is 4.79 Å². The van der Waals surface area contributed by atoms with Crippen LogP contribution in [0, 0.1) is 5.92 Å². The van der Waals surface area contributed by atoms with Crippen molar-refractivity contribution in [3.8, 4) is 0 Å². The summed E-state index contributed by atoms with van der Waals surface area (Å²) in [5, 5.41) is 7.58. The Kier molecular flexibility index (Phi) is 5.45. The lowest BCUT2D eigenvalue weighted by molar-refractivity contribution is 0.102. The molecule has 0 spiro atoms. The molecule has 8 heteroatoms. The lowest BCUT2D eigenvalue weighted by Gasteiger charge is -2.29. The number of rotatable bonds is 5. The maximum atomic E-state index is 12.9. The van der Waals surface area contributed by atoms with Crippen LogP contribution >= 0.6 is 11.6 Å². The molecule has 3 aromatic rings. The topological polar surface area (TPSA) is 85.9 Å². The molecular weight excluding hydrogens is 376 g/mol. The van der Waals surface area contributed by atoms with Gasteiger partial charge in [0.1, 0.15) is 0 Å². The van der Waals surface area contributed by atoms with Gasteiger partial charge in [0.05, 0.1) is 10.7 Å². The van der Waals surface area contributed by atoms with Gasteiger partial charge in [-0.05, 0) is 51.0 Å². The molecule has 0 atom stereocenters. The number of halogens is 1. The molecule has 1 aliphatic rings. The maximum absolute atomic E-state index is 12.9. The molecule has 0 bridgehead atoms. The average Bonchev–Trinajstić information content (AvgIpc) is 3.10. The van der Waals surface area contributed by atoms with E-state index in [1.54, 1.807) is 12.4 Å². The first-order chi connectivity index (χ1) is 13.6. The predicted molar refractivity (Wildman–Crippen MR) is 112 cm³/mol. The van der Waals surface area contributed by atoms with Crippen LogP contribution in [-0.4, -0.2) is 52.4 Å². The maximum Gasteiger partial charge on any atom is 0.278 e. The summed E-state index contributed by atoms with van der Waals surface area (Å²) in [7, 11) is 2.14. The number of piperidine rings is 1. The summed E-state index contributed by atoms with van der Waals surface area (Å²) in [5.41, 5.74) is 1.78. The molecular formula is C20H23ClN6O. The minimum Gasteiger partial charge on any atom is -0.368 e. The van der Waals surface area contributed by atoms with Crippen LogP contribution in [0.4, 0.5) is 11.5 Å². The summed E-state index contributed by atoms with van der Waals surface area (Å²) in [4.78, 5) is 26.9. The first kappa shape index (κ1) is 18.7. The zero-order valence-electron chi connectivity index (χ0n) is 15.7. The fraction of sp³-hybridized carbons (Fsp3) is 0.350. The summed E-state index contributed by atoms with van der Waals surface area (Å²) in [6.07, 6.45) is 7.11. The molecule has 1 fully saturated rings. The monoisotopic (exact) mass is 398 g/mol. The number of benzene rings is 1. The Morgan fingerprint density at radius 3 is 2.89 bits per heavy atom. The highest BCUT2D eigenvalue weighted by atomic mass is 35.5. The number of carbonyl (C=O) groups is 1. The molecule has 3 heterocycles. The number of hydrogen-bond acceptors (Lipinski definition) is 5. The van der Waals surface area contributed by atoms with Crippen LogP contribution in [0.15, 0.2) is 36.8 Å². The van der Waals surface area contributed by atoms with Crippen LogP contribution in [0.1, 0.15) is 23.3 Å². The van der Waals surface area contributed by atoms with Gasteiger partial charge in [0.2, 0.25) is 0 Å². The Bertz CT molecular complexity index is 980. The first-order valence-electron chi connectivity index (χ1n) is 9.42. The van der Waals surface area contributed by atoms with Gasteiger partial charge >= 0.3 is 0 Å². The molecule has 146 valence electrons. The van der Waals surface area contributed by atoms with E-state index in [9.17, 15) is 4.79 Å². The second kappa shape index (κ2) is 8.16. The van der Waals surface area contributed by atoms with Crippen molar-refractivity contribution in [3.63, 3.8) is 0 Å². The summed E-state index contributed by atoms with van der Waals surface area (Å²) >= 11 is 6.26. The van der Waals surface area contributed by atoms with E-state index in [-0.39, 0.29) is 11.6 Å². The number of aromatic amines is 1. The third-order valence-corrected chi connectivity index (χ3v) is 5.51. The van der Waals surface area contributed by atoms with E-state index in [0.717, 1.165) is 43.4 Å². The standard InChI is InChI=1S/C20H23ClN6O/c1-27-9-5-13(6-10-27)11-25-19-18(22-7-8-23-19)20(28)26-16-4-2-3-15-17(16)14(21)12-24-15/h2-4,7-8,12-13,24H,5-6,9-11H2,1H3,(H,23,25)(H,26,28). The molecule has 0 unspecified atom stereocenters.